The lowest BCUT2D eigenvalue weighted by Gasteiger charge is -2.29. The summed E-state index contributed by atoms with van der Waals surface area (Å²) in [7, 11) is 0. The topological polar surface area (TPSA) is 78.8 Å². The molecule has 0 spiro atoms. The number of nitrogens with one attached hydrogen (secondary N) is 1. The van der Waals surface area contributed by atoms with Crippen molar-refractivity contribution in [3.63, 3.8) is 0 Å². The first-order chi connectivity index (χ1) is 8.28. The summed E-state index contributed by atoms with van der Waals surface area (Å²) in [6, 6.07) is 0. The van der Waals surface area contributed by atoms with Gasteiger partial charge < -0.3 is 20.3 Å². The van der Waals surface area contributed by atoms with E-state index in [1.54, 1.807) is 6.92 Å². The van der Waals surface area contributed by atoms with E-state index in [9.17, 15) is 18.0 Å². The minimum atomic E-state index is -4.42. The van der Waals surface area contributed by atoms with E-state index >= 15 is 0 Å². The van der Waals surface area contributed by atoms with E-state index in [1.807, 2.05) is 0 Å². The Morgan fingerprint density at radius 3 is 2.22 bits per heavy atom. The summed E-state index contributed by atoms with van der Waals surface area (Å²) in [6.45, 7) is -1.02. The maximum atomic E-state index is 11.7. The zero-order chi connectivity index (χ0) is 14.2. The largest absolute Gasteiger partial charge is 0.411 e. The van der Waals surface area contributed by atoms with Gasteiger partial charge in [0.1, 0.15) is 6.61 Å². The predicted octanol–water partition coefficient (Wildman–Crippen LogP) is 0.205. The molecule has 3 N–H and O–H groups in total. The van der Waals surface area contributed by atoms with E-state index in [1.165, 1.54) is 0 Å². The van der Waals surface area contributed by atoms with Gasteiger partial charge in [0.25, 0.3) is 0 Å². The van der Waals surface area contributed by atoms with E-state index in [4.69, 9.17) is 10.2 Å². The third kappa shape index (κ3) is 6.77. The van der Waals surface area contributed by atoms with E-state index < -0.39 is 37.4 Å². The Morgan fingerprint density at radius 2 is 1.83 bits per heavy atom. The fourth-order valence-corrected chi connectivity index (χ4v) is 1.15. The second-order valence-corrected chi connectivity index (χ2v) is 3.92. The lowest BCUT2D eigenvalue weighted by atomic mass is 9.98. The summed E-state index contributed by atoms with van der Waals surface area (Å²) in [6.07, 6.45) is -4.38. The van der Waals surface area contributed by atoms with Crippen molar-refractivity contribution >= 4 is 5.91 Å². The first-order valence-corrected chi connectivity index (χ1v) is 5.46. The number of aliphatic hydroxyl groups is 2. The number of carbonyl (C=O) groups is 1. The number of halogens is 3. The fourth-order valence-electron chi connectivity index (χ4n) is 1.15. The van der Waals surface area contributed by atoms with Gasteiger partial charge in [0.15, 0.2) is 0 Å². The maximum Gasteiger partial charge on any atom is 0.411 e. The molecular formula is C10H18F3NO4. The summed E-state index contributed by atoms with van der Waals surface area (Å²) in [4.78, 5) is 11.4. The van der Waals surface area contributed by atoms with Crippen LogP contribution in [0.5, 0.6) is 0 Å². The summed E-state index contributed by atoms with van der Waals surface area (Å²) >= 11 is 0. The van der Waals surface area contributed by atoms with Crippen molar-refractivity contribution in [3.8, 4) is 0 Å². The van der Waals surface area contributed by atoms with Crippen LogP contribution in [0.15, 0.2) is 0 Å². The van der Waals surface area contributed by atoms with Crippen LogP contribution in [-0.2, 0) is 9.53 Å². The summed E-state index contributed by atoms with van der Waals surface area (Å²) in [5, 5.41) is 20.5. The number of aliphatic hydroxyl groups excluding tert-OH is 2. The van der Waals surface area contributed by atoms with Crippen LogP contribution < -0.4 is 5.32 Å². The van der Waals surface area contributed by atoms with Crippen molar-refractivity contribution in [1.29, 1.82) is 0 Å². The van der Waals surface area contributed by atoms with E-state index in [0.29, 0.717) is 6.42 Å². The Morgan fingerprint density at radius 1 is 1.28 bits per heavy atom. The number of rotatable bonds is 8. The van der Waals surface area contributed by atoms with Crippen LogP contribution in [0.4, 0.5) is 13.2 Å². The molecule has 0 rings (SSSR count). The fraction of sp³-hybridized carbons (Fsp3) is 0.900. The quantitative estimate of drug-likeness (QED) is 0.552. The third-order valence-electron chi connectivity index (χ3n) is 2.43. The molecule has 0 aliphatic heterocycles. The van der Waals surface area contributed by atoms with Crippen molar-refractivity contribution in [2.75, 3.05) is 26.4 Å². The number of hydrogen-bond acceptors (Lipinski definition) is 4. The van der Waals surface area contributed by atoms with Crippen LogP contribution in [-0.4, -0.2) is 54.3 Å². The van der Waals surface area contributed by atoms with Gasteiger partial charge in [0.05, 0.1) is 25.4 Å². The Hall–Kier alpha value is -0.860. The highest BCUT2D eigenvalue weighted by Gasteiger charge is 2.29. The van der Waals surface area contributed by atoms with Crippen LogP contribution in [0.1, 0.15) is 19.8 Å². The van der Waals surface area contributed by atoms with Gasteiger partial charge >= 0.3 is 6.18 Å². The predicted molar refractivity (Wildman–Crippen MR) is 56.8 cm³/mol. The van der Waals surface area contributed by atoms with Crippen molar-refractivity contribution in [1.82, 2.24) is 5.32 Å². The Kier molecular flexibility index (Phi) is 7.19. The van der Waals surface area contributed by atoms with Gasteiger partial charge in [-0.2, -0.15) is 13.2 Å². The van der Waals surface area contributed by atoms with Crippen molar-refractivity contribution in [3.05, 3.63) is 0 Å². The number of amides is 1. The molecule has 0 fully saturated rings. The minimum absolute atomic E-state index is 0.266. The molecule has 0 saturated carbocycles. The van der Waals surface area contributed by atoms with E-state index in [-0.39, 0.29) is 13.0 Å². The highest BCUT2D eigenvalue weighted by Crippen LogP contribution is 2.14. The molecule has 0 aromatic carbocycles. The molecule has 0 atom stereocenters. The van der Waals surface area contributed by atoms with Gasteiger partial charge in [-0.1, -0.05) is 6.92 Å². The molecule has 1 amide bonds. The zero-order valence-electron chi connectivity index (χ0n) is 10.1. The first-order valence-electron chi connectivity index (χ1n) is 5.46. The highest BCUT2D eigenvalue weighted by molar-refractivity contribution is 5.76. The summed E-state index contributed by atoms with van der Waals surface area (Å²) in [5.41, 5.74) is -1.14. The van der Waals surface area contributed by atoms with Gasteiger partial charge in [0, 0.05) is 6.42 Å². The second kappa shape index (κ2) is 7.55. The maximum absolute atomic E-state index is 11.7. The Labute approximate surface area is 103 Å². The second-order valence-electron chi connectivity index (χ2n) is 3.92. The molecule has 0 unspecified atom stereocenters. The number of carbonyl (C=O) groups excluding carboxylic acids is 1. The Balaban J connectivity index is 3.97. The van der Waals surface area contributed by atoms with Gasteiger partial charge in [-0.3, -0.25) is 4.79 Å². The minimum Gasteiger partial charge on any atom is -0.394 e. The molecule has 0 radical (unpaired) electrons. The molecule has 18 heavy (non-hydrogen) atoms. The molecule has 0 aromatic heterocycles. The van der Waals surface area contributed by atoms with Crippen molar-refractivity contribution in [2.24, 2.45) is 0 Å². The molecule has 0 saturated heterocycles. The smallest absolute Gasteiger partial charge is 0.394 e. The molecule has 0 bridgehead atoms. The first kappa shape index (κ1) is 17.1. The van der Waals surface area contributed by atoms with Gasteiger partial charge in [-0.25, -0.2) is 0 Å². The Bertz CT molecular complexity index is 246. The van der Waals surface area contributed by atoms with Gasteiger partial charge in [-0.05, 0) is 6.42 Å². The van der Waals surface area contributed by atoms with Crippen LogP contribution in [0.25, 0.3) is 0 Å². The van der Waals surface area contributed by atoms with Crippen molar-refractivity contribution in [2.45, 2.75) is 31.5 Å². The molecule has 8 heteroatoms. The van der Waals surface area contributed by atoms with E-state index in [0.717, 1.165) is 0 Å². The summed E-state index contributed by atoms with van der Waals surface area (Å²) < 4.78 is 39.4. The normalized spacial score (nSPS) is 12.6. The van der Waals surface area contributed by atoms with Gasteiger partial charge in [-0.15, -0.1) is 0 Å². The molecule has 0 aliphatic rings. The zero-order valence-corrected chi connectivity index (χ0v) is 10.1. The average molecular weight is 273 g/mol. The van der Waals surface area contributed by atoms with Crippen LogP contribution in [0.3, 0.4) is 0 Å². The number of hydrogen-bond donors (Lipinski definition) is 3. The highest BCUT2D eigenvalue weighted by atomic mass is 19.4. The summed E-state index contributed by atoms with van der Waals surface area (Å²) in [5.74, 6) is -0.581. The van der Waals surface area contributed by atoms with Crippen LogP contribution in [0.2, 0.25) is 0 Å². The molecule has 108 valence electrons. The average Bonchev–Trinajstić information content (AvgIpc) is 2.31. The standard InChI is InChI=1S/C10H18F3NO4/c1-2-9(5-15,6-16)14-8(17)3-4-18-7-10(11,12)13/h15-16H,2-7H2,1H3,(H,14,17). The number of ether oxygens (including phenoxy) is 1. The third-order valence-corrected chi connectivity index (χ3v) is 2.43. The van der Waals surface area contributed by atoms with Crippen LogP contribution in [0, 0.1) is 0 Å². The molecule has 0 aliphatic carbocycles. The molecule has 0 aromatic rings. The van der Waals surface area contributed by atoms with Crippen molar-refractivity contribution < 1.29 is 32.9 Å². The lowest BCUT2D eigenvalue weighted by Crippen LogP contribution is -2.54. The van der Waals surface area contributed by atoms with Crippen LogP contribution >= 0.6 is 0 Å². The number of alkyl halides is 3. The molecule has 0 heterocycles. The monoisotopic (exact) mass is 273 g/mol. The molecular weight excluding hydrogens is 255 g/mol. The van der Waals surface area contributed by atoms with Gasteiger partial charge in [0.2, 0.25) is 5.91 Å². The lowest BCUT2D eigenvalue weighted by molar-refractivity contribution is -0.174. The molecule has 5 nitrogen and oxygen atoms in total. The van der Waals surface area contributed by atoms with E-state index in [2.05, 4.69) is 10.1 Å². The SMILES string of the molecule is CCC(CO)(CO)NC(=O)CCOCC(F)(F)F.